The number of fused-ring (bicyclic) bond motifs is 1. The van der Waals surface area contributed by atoms with Gasteiger partial charge in [0.2, 0.25) is 5.91 Å². The van der Waals surface area contributed by atoms with Crippen LogP contribution in [0.5, 0.6) is 0 Å². The summed E-state index contributed by atoms with van der Waals surface area (Å²) in [5.74, 6) is -1.22. The maximum Gasteiger partial charge on any atom is 0.254 e. The molecular formula is C20H16F2N6O2. The molecule has 2 aliphatic rings. The SMILES string of the molecule is O=C1CC(=Cc2cnn3c(NC4CC4)cc(Nc4cc(F)cc(F)c4)nc23)C(=O)N1. The Kier molecular flexibility index (Phi) is 4.19. The predicted octanol–water partition coefficient (Wildman–Crippen LogP) is 2.76. The lowest BCUT2D eigenvalue weighted by Crippen LogP contribution is -2.19. The second kappa shape index (κ2) is 6.90. The van der Waals surface area contributed by atoms with E-state index in [4.69, 9.17) is 0 Å². The Hall–Kier alpha value is -3.82. The largest absolute Gasteiger partial charge is 0.367 e. The first kappa shape index (κ1) is 18.2. The van der Waals surface area contributed by atoms with Gasteiger partial charge in [-0.3, -0.25) is 14.9 Å². The quantitative estimate of drug-likeness (QED) is 0.442. The molecule has 1 aromatic carbocycles. The van der Waals surface area contributed by atoms with Crippen LogP contribution in [0.1, 0.15) is 24.8 Å². The Morgan fingerprint density at radius 1 is 1.13 bits per heavy atom. The van der Waals surface area contributed by atoms with Crippen LogP contribution in [0.4, 0.5) is 26.1 Å². The number of carbonyl (C=O) groups is 2. The van der Waals surface area contributed by atoms with Crippen molar-refractivity contribution in [1.29, 1.82) is 0 Å². The molecule has 2 amide bonds. The van der Waals surface area contributed by atoms with Gasteiger partial charge in [-0.25, -0.2) is 13.8 Å². The topological polar surface area (TPSA) is 100 Å². The van der Waals surface area contributed by atoms with Crippen LogP contribution in [0, 0.1) is 11.6 Å². The van der Waals surface area contributed by atoms with Crippen molar-refractivity contribution in [3.05, 3.63) is 53.2 Å². The van der Waals surface area contributed by atoms with E-state index in [9.17, 15) is 18.4 Å². The Balaban J connectivity index is 1.58. The number of nitrogens with zero attached hydrogens (tertiary/aromatic N) is 3. The molecule has 0 radical (unpaired) electrons. The number of hydrogen-bond donors (Lipinski definition) is 3. The third kappa shape index (κ3) is 3.59. The van der Waals surface area contributed by atoms with Gasteiger partial charge in [0.25, 0.3) is 5.91 Å². The van der Waals surface area contributed by atoms with Crippen molar-refractivity contribution < 1.29 is 18.4 Å². The molecule has 152 valence electrons. The van der Waals surface area contributed by atoms with Crippen molar-refractivity contribution in [3.8, 4) is 0 Å². The second-order valence-corrected chi connectivity index (χ2v) is 7.29. The monoisotopic (exact) mass is 410 g/mol. The molecule has 1 aliphatic carbocycles. The van der Waals surface area contributed by atoms with Crippen LogP contribution in [0.3, 0.4) is 0 Å². The fourth-order valence-electron chi connectivity index (χ4n) is 3.27. The van der Waals surface area contributed by atoms with E-state index in [0.717, 1.165) is 31.0 Å². The van der Waals surface area contributed by atoms with Crippen LogP contribution in [-0.2, 0) is 9.59 Å². The standard InChI is InChI=1S/C20H16F2N6O2/c21-12-5-13(22)7-15(6-12)24-16-8-17(25-14-1-2-14)28-19(26-16)11(9-23-28)3-10-4-18(29)27-20(10)30/h3,5-9,14,25H,1-2,4H2,(H,24,26)(H,27,29,30). The Morgan fingerprint density at radius 3 is 2.57 bits per heavy atom. The summed E-state index contributed by atoms with van der Waals surface area (Å²) in [4.78, 5) is 27.9. The van der Waals surface area contributed by atoms with Gasteiger partial charge >= 0.3 is 0 Å². The second-order valence-electron chi connectivity index (χ2n) is 7.29. The molecule has 1 saturated carbocycles. The van der Waals surface area contributed by atoms with Gasteiger partial charge in [0.15, 0.2) is 5.65 Å². The lowest BCUT2D eigenvalue weighted by atomic mass is 10.1. The fraction of sp³-hybridized carbons (Fsp3) is 0.200. The van der Waals surface area contributed by atoms with Crippen molar-refractivity contribution in [2.24, 2.45) is 0 Å². The van der Waals surface area contributed by atoms with Gasteiger partial charge in [0, 0.05) is 35.0 Å². The lowest BCUT2D eigenvalue weighted by molar-refractivity contribution is -0.124. The van der Waals surface area contributed by atoms with Gasteiger partial charge in [-0.15, -0.1) is 0 Å². The highest BCUT2D eigenvalue weighted by molar-refractivity contribution is 6.15. The number of carbonyl (C=O) groups excluding carboxylic acids is 2. The molecule has 5 rings (SSSR count). The van der Waals surface area contributed by atoms with Crippen LogP contribution in [0.25, 0.3) is 11.7 Å². The molecule has 3 N–H and O–H groups in total. The van der Waals surface area contributed by atoms with Crippen molar-refractivity contribution in [3.63, 3.8) is 0 Å². The van der Waals surface area contributed by atoms with E-state index in [1.165, 1.54) is 0 Å². The van der Waals surface area contributed by atoms with E-state index in [1.807, 2.05) is 0 Å². The number of benzene rings is 1. The minimum atomic E-state index is -0.707. The third-order valence-electron chi connectivity index (χ3n) is 4.79. The highest BCUT2D eigenvalue weighted by Crippen LogP contribution is 2.29. The molecule has 10 heteroatoms. The molecule has 2 aromatic heterocycles. The number of anilines is 3. The number of rotatable bonds is 5. The first-order valence-corrected chi connectivity index (χ1v) is 9.38. The summed E-state index contributed by atoms with van der Waals surface area (Å²) in [6.45, 7) is 0. The van der Waals surface area contributed by atoms with Crippen LogP contribution < -0.4 is 16.0 Å². The molecule has 0 bridgehead atoms. The maximum absolute atomic E-state index is 13.6. The Morgan fingerprint density at radius 2 is 1.90 bits per heavy atom. The van der Waals surface area contributed by atoms with E-state index < -0.39 is 17.5 Å². The van der Waals surface area contributed by atoms with Crippen LogP contribution in [-0.4, -0.2) is 32.5 Å². The first-order valence-electron chi connectivity index (χ1n) is 9.38. The zero-order chi connectivity index (χ0) is 20.8. The number of nitrogens with one attached hydrogen (secondary N) is 3. The zero-order valence-corrected chi connectivity index (χ0v) is 15.6. The summed E-state index contributed by atoms with van der Waals surface area (Å²) in [5, 5.41) is 12.8. The van der Waals surface area contributed by atoms with E-state index >= 15 is 0 Å². The normalized spacial score (nSPS) is 17.6. The third-order valence-corrected chi connectivity index (χ3v) is 4.79. The number of halogens is 2. The average Bonchev–Trinajstić information content (AvgIpc) is 3.30. The van der Waals surface area contributed by atoms with E-state index in [-0.39, 0.29) is 18.0 Å². The van der Waals surface area contributed by atoms with E-state index in [1.54, 1.807) is 22.9 Å². The minimum absolute atomic E-state index is 0.0101. The van der Waals surface area contributed by atoms with Crippen LogP contribution in [0.2, 0.25) is 0 Å². The Labute approximate surface area is 169 Å². The molecule has 2 fully saturated rings. The van der Waals surface area contributed by atoms with Gasteiger partial charge in [-0.05, 0) is 31.1 Å². The van der Waals surface area contributed by atoms with Crippen molar-refractivity contribution >= 4 is 40.9 Å². The van der Waals surface area contributed by atoms with Crippen molar-refractivity contribution in [2.75, 3.05) is 10.6 Å². The van der Waals surface area contributed by atoms with Crippen molar-refractivity contribution in [2.45, 2.75) is 25.3 Å². The average molecular weight is 410 g/mol. The smallest absolute Gasteiger partial charge is 0.254 e. The number of amides is 2. The summed E-state index contributed by atoms with van der Waals surface area (Å²) < 4.78 is 28.7. The number of hydrogen-bond acceptors (Lipinski definition) is 6. The molecule has 8 nitrogen and oxygen atoms in total. The molecule has 0 spiro atoms. The Bertz CT molecular complexity index is 1210. The summed E-state index contributed by atoms with van der Waals surface area (Å²) >= 11 is 0. The summed E-state index contributed by atoms with van der Waals surface area (Å²) in [6, 6.07) is 5.13. The molecule has 3 heterocycles. The summed E-state index contributed by atoms with van der Waals surface area (Å²) in [7, 11) is 0. The lowest BCUT2D eigenvalue weighted by Gasteiger charge is -2.12. The first-order chi connectivity index (χ1) is 14.4. The fourth-order valence-corrected chi connectivity index (χ4v) is 3.27. The summed E-state index contributed by atoms with van der Waals surface area (Å²) in [6.07, 6.45) is 5.17. The maximum atomic E-state index is 13.6. The van der Waals surface area contributed by atoms with Gasteiger partial charge in [0.1, 0.15) is 23.3 Å². The molecule has 30 heavy (non-hydrogen) atoms. The summed E-state index contributed by atoms with van der Waals surface area (Å²) in [5.41, 5.74) is 1.50. The van der Waals surface area contributed by atoms with Gasteiger partial charge in [-0.2, -0.15) is 9.61 Å². The van der Waals surface area contributed by atoms with Crippen LogP contribution in [0.15, 0.2) is 36.0 Å². The number of aromatic nitrogens is 3. The molecule has 3 aromatic rings. The predicted molar refractivity (Wildman–Crippen MR) is 105 cm³/mol. The molecule has 0 unspecified atom stereocenters. The van der Waals surface area contributed by atoms with Crippen molar-refractivity contribution in [1.82, 2.24) is 19.9 Å². The minimum Gasteiger partial charge on any atom is -0.367 e. The highest BCUT2D eigenvalue weighted by atomic mass is 19.1. The van der Waals surface area contributed by atoms with Crippen LogP contribution >= 0.6 is 0 Å². The van der Waals surface area contributed by atoms with Gasteiger partial charge in [-0.1, -0.05) is 0 Å². The molecule has 0 atom stereocenters. The molecule has 1 saturated heterocycles. The van der Waals surface area contributed by atoms with E-state index in [2.05, 4.69) is 26.0 Å². The highest BCUT2D eigenvalue weighted by Gasteiger charge is 2.25. The molecular weight excluding hydrogens is 394 g/mol. The number of imide groups is 1. The molecule has 1 aliphatic heterocycles. The van der Waals surface area contributed by atoms with E-state index in [0.29, 0.717) is 34.5 Å². The zero-order valence-electron chi connectivity index (χ0n) is 15.6. The van der Waals surface area contributed by atoms with Gasteiger partial charge in [0.05, 0.1) is 12.6 Å². The van der Waals surface area contributed by atoms with Gasteiger partial charge < -0.3 is 10.6 Å².